The van der Waals surface area contributed by atoms with E-state index >= 15 is 0 Å². The molecule has 460 valence electrons. The number of hydrogen-bond donors (Lipinski definition) is 0. The molecule has 0 aromatic carbocycles. The van der Waals surface area contributed by atoms with Gasteiger partial charge < -0.3 is 53.8 Å². The fourth-order valence-corrected chi connectivity index (χ4v) is 72.9. The Morgan fingerprint density at radius 1 is 0.276 bits per heavy atom. The Kier molecular flexibility index (Phi) is 32.3. The maximum Gasteiger partial charge on any atom is 0.719 e. The molecular weight excluding hydrogens is 1230 g/mol. The maximum atomic E-state index is 14.5. The monoisotopic (exact) mass is 1350 g/mol. The highest BCUT2D eigenvalue weighted by Gasteiger charge is 2.62. The first-order valence-electron chi connectivity index (χ1n) is 27.7. The van der Waals surface area contributed by atoms with E-state index in [4.69, 9.17) is 53.8 Å². The SMILES string of the molecule is C.C.CCCCC(=O)O[Si](O[Si](C)(C)CC[Si](O[Si](C)(C)C)(O[Si](C)(C)C)O[Si](C)(C)C)(O[Si](C)(C)CC[Si](O[Si](C)(C)C)(O[Si](C)(C)C)O[Si](C)(C)C)O[Si](C)(C)CC[Si](O[Si](C)(C)C)(O[Si](C)(C)C)O[Si](C)(C)C. The Morgan fingerprint density at radius 3 is 0.592 bits per heavy atom. The van der Waals surface area contributed by atoms with E-state index < -0.39 is 135 Å². The minimum atomic E-state index is -4.43. The molecule has 0 aromatic rings. The first-order valence-corrected chi connectivity index (χ1v) is 75.1. The summed E-state index contributed by atoms with van der Waals surface area (Å²) in [5, 5.41) is 0. The van der Waals surface area contributed by atoms with Crippen molar-refractivity contribution in [3.63, 3.8) is 0 Å². The Bertz CT molecular complexity index is 1420. The fraction of sp³-hybridized carbons (Fsp3) is 0.978. The van der Waals surface area contributed by atoms with E-state index in [0.29, 0.717) is 42.7 Å². The predicted octanol–water partition coefficient (Wildman–Crippen LogP) is 17.6. The third-order valence-electron chi connectivity index (χ3n) is 9.43. The van der Waals surface area contributed by atoms with Gasteiger partial charge in [0.1, 0.15) is 0 Å². The molecule has 0 unspecified atom stereocenters. The molecule has 0 bridgehead atoms. The molecule has 0 aliphatic heterocycles. The zero-order valence-electron chi connectivity index (χ0n) is 54.6. The molecule has 0 aromatic heterocycles. The zero-order chi connectivity index (χ0) is 59.1. The number of rotatable bonds is 37. The summed E-state index contributed by atoms with van der Waals surface area (Å²) in [6.45, 7) is 75.2. The van der Waals surface area contributed by atoms with Crippen LogP contribution in [0.15, 0.2) is 0 Å². The summed E-state index contributed by atoms with van der Waals surface area (Å²) in [5.74, 6) is -0.363. The van der Waals surface area contributed by atoms with Gasteiger partial charge in [-0.2, -0.15) is 0 Å². The highest BCUT2D eigenvalue weighted by molar-refractivity contribution is 6.95. The standard InChI is InChI=1S/C44H120O14Si16.2CH4/c1-35-36-37-44(45)46-74(56-68(29,30)38-41-71(47-59(2,3)4,48-60(5,6)7)49-61(8,9)10,57-69(31,32)39-42-72(50-62(11,12)13,51-63(14,15)16)52-64(17,18)19)58-70(33,34)40-43-73(53-65(20,21)22,54-66(23,24)25)55-67(26,27)28;;/h35-43H2,1-34H3;2*1H4. The molecule has 0 atom stereocenters. The average molecular weight is 1350 g/mol. The van der Waals surface area contributed by atoms with Gasteiger partial charge in [-0.05, 0) is 241 Å². The summed E-state index contributed by atoms with van der Waals surface area (Å²) in [6, 6.07) is 3.61. The molecule has 0 radical (unpaired) electrons. The summed E-state index contributed by atoms with van der Waals surface area (Å²) in [7, 11) is -42.8. The topological polar surface area (TPSA) is 137 Å². The van der Waals surface area contributed by atoms with Crippen LogP contribution in [-0.2, 0) is 58.6 Å². The summed E-state index contributed by atoms with van der Waals surface area (Å²) < 4.78 is 94.9. The van der Waals surface area contributed by atoms with Crippen LogP contribution < -0.4 is 0 Å². The van der Waals surface area contributed by atoms with E-state index in [1.807, 2.05) is 0 Å². The van der Waals surface area contributed by atoms with Crippen molar-refractivity contribution in [1.82, 2.24) is 0 Å². The molecule has 30 heteroatoms. The quantitative estimate of drug-likeness (QED) is 0.0546. The lowest BCUT2D eigenvalue weighted by atomic mass is 10.3. The van der Waals surface area contributed by atoms with Crippen LogP contribution in [0.5, 0.6) is 0 Å². The van der Waals surface area contributed by atoms with Gasteiger partial charge >= 0.3 is 35.5 Å². The molecule has 0 heterocycles. The molecule has 0 aliphatic carbocycles. The van der Waals surface area contributed by atoms with Gasteiger partial charge in [0.2, 0.25) is 0 Å². The molecule has 0 aliphatic rings. The lowest BCUT2D eigenvalue weighted by Gasteiger charge is -2.46. The molecule has 0 rings (SSSR count). The summed E-state index contributed by atoms with van der Waals surface area (Å²) in [5.41, 5.74) is 0. The maximum absolute atomic E-state index is 14.5. The van der Waals surface area contributed by atoms with Crippen LogP contribution in [-0.4, -0.2) is 141 Å². The second-order valence-electron chi connectivity index (χ2n) is 31.1. The number of carbonyl (C=O) groups is 1. The van der Waals surface area contributed by atoms with Crippen LogP contribution in [0.3, 0.4) is 0 Å². The lowest BCUT2D eigenvalue weighted by Crippen LogP contribution is -2.66. The lowest BCUT2D eigenvalue weighted by molar-refractivity contribution is -0.140. The smallest absolute Gasteiger partial charge is 0.453 e. The Morgan fingerprint density at radius 2 is 0.447 bits per heavy atom. The summed E-state index contributed by atoms with van der Waals surface area (Å²) >= 11 is 0. The van der Waals surface area contributed by atoms with Crippen molar-refractivity contribution in [1.29, 1.82) is 0 Å². The zero-order valence-corrected chi connectivity index (χ0v) is 70.6. The van der Waals surface area contributed by atoms with Crippen molar-refractivity contribution in [2.24, 2.45) is 0 Å². The van der Waals surface area contributed by atoms with Crippen LogP contribution in [0.2, 0.25) is 252 Å². The van der Waals surface area contributed by atoms with Gasteiger partial charge in [0.05, 0.1) is 0 Å². The van der Waals surface area contributed by atoms with Crippen LogP contribution in [0.4, 0.5) is 0 Å². The highest BCUT2D eigenvalue weighted by Crippen LogP contribution is 2.40. The van der Waals surface area contributed by atoms with E-state index in [1.54, 1.807) is 0 Å². The molecule has 0 saturated carbocycles. The first-order chi connectivity index (χ1) is 32.1. The van der Waals surface area contributed by atoms with E-state index in [0.717, 1.165) is 6.42 Å². The summed E-state index contributed by atoms with van der Waals surface area (Å²) in [4.78, 5) is 14.5. The van der Waals surface area contributed by atoms with Crippen molar-refractivity contribution >= 4 is 141 Å². The molecule has 14 nitrogen and oxygen atoms in total. The minimum absolute atomic E-state index is 0. The van der Waals surface area contributed by atoms with Gasteiger partial charge in [0.25, 0.3) is 5.97 Å². The van der Waals surface area contributed by atoms with E-state index in [-0.39, 0.29) is 27.2 Å². The fourth-order valence-electron chi connectivity index (χ4n) is 8.01. The number of unbranched alkanes of at least 4 members (excludes halogenated alkanes) is 1. The van der Waals surface area contributed by atoms with Crippen molar-refractivity contribution in [3.05, 3.63) is 0 Å². The van der Waals surface area contributed by atoms with Crippen LogP contribution in [0.1, 0.15) is 41.0 Å². The van der Waals surface area contributed by atoms with E-state index in [1.165, 1.54) is 0 Å². The van der Waals surface area contributed by atoms with Gasteiger partial charge in [0, 0.05) is 24.6 Å². The van der Waals surface area contributed by atoms with Gasteiger partial charge in [-0.15, -0.1) is 0 Å². The molecule has 76 heavy (non-hydrogen) atoms. The normalized spacial score (nSPS) is 15.1. The van der Waals surface area contributed by atoms with Crippen molar-refractivity contribution < 1.29 is 58.6 Å². The minimum Gasteiger partial charge on any atom is -0.453 e. The second kappa shape index (κ2) is 29.7. The molecular formula is C46H128O14Si16. The Balaban J connectivity index is -0.0000266. The Labute approximate surface area is 489 Å². The molecule has 0 N–H and O–H groups in total. The third-order valence-corrected chi connectivity index (χ3v) is 61.2. The van der Waals surface area contributed by atoms with Gasteiger partial charge in [-0.25, -0.2) is 0 Å². The largest absolute Gasteiger partial charge is 0.719 e. The number of carbonyl (C=O) groups excluding carboxylic acids is 1. The molecule has 0 saturated heterocycles. The van der Waals surface area contributed by atoms with Gasteiger partial charge in [-0.3, -0.25) is 4.79 Å². The highest BCUT2D eigenvalue weighted by atomic mass is 28.5. The van der Waals surface area contributed by atoms with Crippen LogP contribution >= 0.6 is 0 Å². The third kappa shape index (κ3) is 39.9. The molecule has 0 spiro atoms. The molecule has 0 amide bonds. The Hall–Kier alpha value is 2.46. The average Bonchev–Trinajstić information content (AvgIpc) is 3.00. The van der Waals surface area contributed by atoms with Gasteiger partial charge in [-0.1, -0.05) is 28.2 Å². The first kappa shape index (κ1) is 82.7. The van der Waals surface area contributed by atoms with Crippen LogP contribution in [0.25, 0.3) is 0 Å². The second-order valence-corrected chi connectivity index (χ2v) is 97.8. The predicted molar refractivity (Wildman–Crippen MR) is 367 cm³/mol. The van der Waals surface area contributed by atoms with E-state index in [2.05, 4.69) is 223 Å². The van der Waals surface area contributed by atoms with Crippen LogP contribution in [0, 0.1) is 0 Å². The van der Waals surface area contributed by atoms with Crippen molar-refractivity contribution in [3.8, 4) is 0 Å². The van der Waals surface area contributed by atoms with E-state index in [9.17, 15) is 4.79 Å². The van der Waals surface area contributed by atoms with Crippen molar-refractivity contribution in [2.75, 3.05) is 0 Å². The summed E-state index contributed by atoms with van der Waals surface area (Å²) in [6.07, 6.45) is 1.73. The van der Waals surface area contributed by atoms with Crippen molar-refractivity contribution in [2.45, 2.75) is 293 Å². The molecule has 0 fully saturated rings. The van der Waals surface area contributed by atoms with Gasteiger partial charge in [0.15, 0.2) is 99.8 Å². The number of hydrogen-bond acceptors (Lipinski definition) is 14.